The summed E-state index contributed by atoms with van der Waals surface area (Å²) in [7, 11) is 0. The molecule has 0 atom stereocenters. The number of morpholine rings is 1. The second kappa shape index (κ2) is 30.5. The number of ether oxygens (including phenoxy) is 2. The van der Waals surface area contributed by atoms with Gasteiger partial charge in [-0.3, -0.25) is 4.90 Å². The lowest BCUT2D eigenvalue weighted by Gasteiger charge is -2.26. The van der Waals surface area contributed by atoms with Gasteiger partial charge in [-0.25, -0.2) is 0 Å². The number of nitrogens with zero attached hydrogens (tertiary/aromatic N) is 4. The topological polar surface area (TPSA) is 60.4 Å². The highest BCUT2D eigenvalue weighted by Gasteiger charge is 2.12. The maximum Gasteiger partial charge on any atom is 0.321 e. The zero-order chi connectivity index (χ0) is 31.9. The summed E-state index contributed by atoms with van der Waals surface area (Å²) in [6.07, 6.45) is 33.8. The third-order valence-corrected chi connectivity index (χ3v) is 10.3. The quantitative estimate of drug-likeness (QED) is 0.0441. The van der Waals surface area contributed by atoms with Crippen molar-refractivity contribution in [3.63, 3.8) is 0 Å². The third kappa shape index (κ3) is 24.0. The van der Waals surface area contributed by atoms with Crippen molar-refractivity contribution in [2.45, 2.75) is 165 Å². The van der Waals surface area contributed by atoms with Crippen molar-refractivity contribution >= 4 is 23.5 Å². The van der Waals surface area contributed by atoms with Gasteiger partial charge in [0, 0.05) is 31.1 Å². The molecule has 1 saturated heterocycles. The van der Waals surface area contributed by atoms with E-state index in [4.69, 9.17) is 14.5 Å². The first kappa shape index (κ1) is 40.3. The Balaban J connectivity index is 1.60. The predicted molar refractivity (Wildman–Crippen MR) is 196 cm³/mol. The fourth-order valence-electron chi connectivity index (χ4n) is 5.53. The van der Waals surface area contributed by atoms with Crippen molar-refractivity contribution in [3.8, 4) is 6.01 Å². The summed E-state index contributed by atoms with van der Waals surface area (Å²) in [6.45, 7) is 9.95. The lowest BCUT2D eigenvalue weighted by molar-refractivity contribution is 0.0356. The predicted octanol–water partition coefficient (Wildman–Crippen LogP) is 10.9. The van der Waals surface area contributed by atoms with E-state index in [0.717, 1.165) is 61.1 Å². The summed E-state index contributed by atoms with van der Waals surface area (Å²) < 4.78 is 11.5. The maximum atomic E-state index is 6.05. The second-order valence-electron chi connectivity index (χ2n) is 12.6. The first-order valence-corrected chi connectivity index (χ1v) is 20.9. The second-order valence-corrected chi connectivity index (χ2v) is 14.7. The number of allylic oxidation sites excluding steroid dienone is 2. The van der Waals surface area contributed by atoms with Crippen LogP contribution in [0.25, 0.3) is 0 Å². The average Bonchev–Trinajstić information content (AvgIpc) is 3.06. The van der Waals surface area contributed by atoms with Crippen molar-refractivity contribution in [2.75, 3.05) is 51.0 Å². The molecule has 0 bridgehead atoms. The number of hydrogen-bond donors (Lipinski definition) is 0. The molecule has 6 nitrogen and oxygen atoms in total. The zero-order valence-electron chi connectivity index (χ0n) is 29.3. The minimum atomic E-state index is 0.498. The number of aromatic nitrogens is 3. The molecule has 1 aromatic rings. The highest BCUT2D eigenvalue weighted by Crippen LogP contribution is 2.24. The van der Waals surface area contributed by atoms with E-state index < -0.39 is 0 Å². The smallest absolute Gasteiger partial charge is 0.321 e. The number of rotatable bonds is 31. The van der Waals surface area contributed by atoms with Crippen LogP contribution in [0.1, 0.15) is 155 Å². The molecule has 0 radical (unpaired) electrons. The summed E-state index contributed by atoms with van der Waals surface area (Å²) in [6, 6.07) is 0.498. The van der Waals surface area contributed by atoms with Crippen LogP contribution in [0.5, 0.6) is 6.01 Å². The Kier molecular flexibility index (Phi) is 27.3. The first-order chi connectivity index (χ1) is 22.3. The highest BCUT2D eigenvalue weighted by atomic mass is 32.2. The Hall–Kier alpha value is -0.830. The van der Waals surface area contributed by atoms with Gasteiger partial charge in [-0.05, 0) is 44.9 Å². The maximum absolute atomic E-state index is 6.05. The monoisotopic (exact) mass is 664 g/mol. The summed E-state index contributed by atoms with van der Waals surface area (Å²) in [4.78, 5) is 16.6. The normalized spacial score (nSPS) is 14.1. The van der Waals surface area contributed by atoms with Crippen LogP contribution in [0.4, 0.5) is 0 Å². The fourth-order valence-corrected chi connectivity index (χ4v) is 7.23. The van der Waals surface area contributed by atoms with E-state index >= 15 is 0 Å². The molecule has 2 rings (SSSR count). The number of unbranched alkanes of at least 4 members (excludes halogenated alkanes) is 18. The summed E-state index contributed by atoms with van der Waals surface area (Å²) in [5.41, 5.74) is 0. The van der Waals surface area contributed by atoms with Crippen molar-refractivity contribution in [2.24, 2.45) is 0 Å². The van der Waals surface area contributed by atoms with Crippen LogP contribution in [-0.2, 0) is 4.74 Å². The molecule has 0 aromatic carbocycles. The average molecular weight is 665 g/mol. The van der Waals surface area contributed by atoms with E-state index in [9.17, 15) is 0 Å². The molecule has 1 aliphatic rings. The van der Waals surface area contributed by atoms with Gasteiger partial charge in [-0.2, -0.15) is 15.0 Å². The zero-order valence-corrected chi connectivity index (χ0v) is 30.9. The van der Waals surface area contributed by atoms with Crippen molar-refractivity contribution in [3.05, 3.63) is 12.2 Å². The molecule has 260 valence electrons. The summed E-state index contributed by atoms with van der Waals surface area (Å²) in [5, 5.41) is 1.64. The van der Waals surface area contributed by atoms with Crippen molar-refractivity contribution < 1.29 is 9.47 Å². The molecule has 0 spiro atoms. The first-order valence-electron chi connectivity index (χ1n) is 18.9. The number of hydrogen-bond acceptors (Lipinski definition) is 8. The van der Waals surface area contributed by atoms with E-state index in [1.807, 2.05) is 0 Å². The van der Waals surface area contributed by atoms with E-state index in [-0.39, 0.29) is 0 Å². The molecule has 0 N–H and O–H groups in total. The molecule has 0 saturated carbocycles. The van der Waals surface area contributed by atoms with Gasteiger partial charge in [0.05, 0.1) is 19.8 Å². The van der Waals surface area contributed by atoms with Crippen LogP contribution < -0.4 is 4.74 Å². The van der Waals surface area contributed by atoms with Gasteiger partial charge in [0.1, 0.15) is 0 Å². The minimum Gasteiger partial charge on any atom is -0.463 e. The van der Waals surface area contributed by atoms with Gasteiger partial charge in [-0.15, -0.1) is 0 Å². The molecule has 8 heteroatoms. The summed E-state index contributed by atoms with van der Waals surface area (Å²) >= 11 is 3.53. The molecule has 0 aliphatic carbocycles. The molecule has 1 fully saturated rings. The van der Waals surface area contributed by atoms with Gasteiger partial charge in [0.15, 0.2) is 10.3 Å². The van der Waals surface area contributed by atoms with Gasteiger partial charge >= 0.3 is 6.01 Å². The van der Waals surface area contributed by atoms with E-state index in [1.54, 1.807) is 23.5 Å². The van der Waals surface area contributed by atoms with Gasteiger partial charge in [-0.1, -0.05) is 146 Å². The van der Waals surface area contributed by atoms with Crippen LogP contribution in [0.15, 0.2) is 22.5 Å². The Morgan fingerprint density at radius 3 is 1.58 bits per heavy atom. The van der Waals surface area contributed by atoms with E-state index in [1.165, 1.54) is 135 Å². The molecular weight excluding hydrogens is 597 g/mol. The number of thioether (sulfide) groups is 2. The lowest BCUT2D eigenvalue weighted by atomic mass is 10.1. The standard InChI is InChI=1S/C37H68N4O2S2/c1-3-5-7-9-11-12-13-14-15-16-17-18-19-21-23-25-34-45-37-39-35(43-30-26-27-41-28-31-42-32-29-41)38-36(40-37)44-33-24-22-20-10-8-6-4-2/h14-15H,3-13,16-34H2,1-2H3/b15-14-. The van der Waals surface area contributed by atoms with E-state index in [0.29, 0.717) is 12.6 Å². The van der Waals surface area contributed by atoms with E-state index in [2.05, 4.69) is 40.9 Å². The SMILES string of the molecule is CCCCCCCC/C=C\CCCCCCCCSc1nc(OCCCN2CCOCC2)nc(SCCCCCCCCC)n1. The third-order valence-electron chi connectivity index (χ3n) is 8.39. The summed E-state index contributed by atoms with van der Waals surface area (Å²) in [5.74, 6) is 2.12. The minimum absolute atomic E-state index is 0.498. The van der Waals surface area contributed by atoms with Gasteiger partial charge in [0.25, 0.3) is 0 Å². The molecule has 1 aliphatic heterocycles. The molecular formula is C37H68N4O2S2. The van der Waals surface area contributed by atoms with Crippen LogP contribution in [0.3, 0.4) is 0 Å². The van der Waals surface area contributed by atoms with Gasteiger partial charge < -0.3 is 9.47 Å². The molecule has 1 aromatic heterocycles. The Labute approximate surface area is 286 Å². The van der Waals surface area contributed by atoms with Crippen molar-refractivity contribution in [1.82, 2.24) is 19.9 Å². The Bertz CT molecular complexity index is 824. The van der Waals surface area contributed by atoms with Crippen LogP contribution in [0.2, 0.25) is 0 Å². The molecule has 0 amide bonds. The van der Waals surface area contributed by atoms with Crippen LogP contribution in [-0.4, -0.2) is 70.8 Å². The molecule has 45 heavy (non-hydrogen) atoms. The molecule has 0 unspecified atom stereocenters. The van der Waals surface area contributed by atoms with Crippen LogP contribution >= 0.6 is 23.5 Å². The fraction of sp³-hybridized carbons (Fsp3) is 0.865. The Morgan fingerprint density at radius 1 is 0.600 bits per heavy atom. The van der Waals surface area contributed by atoms with Crippen LogP contribution in [0, 0.1) is 0 Å². The highest BCUT2D eigenvalue weighted by molar-refractivity contribution is 7.99. The Morgan fingerprint density at radius 2 is 1.07 bits per heavy atom. The van der Waals surface area contributed by atoms with Gasteiger partial charge in [0.2, 0.25) is 0 Å². The largest absolute Gasteiger partial charge is 0.463 e. The lowest BCUT2D eigenvalue weighted by Crippen LogP contribution is -2.37. The van der Waals surface area contributed by atoms with Crippen molar-refractivity contribution in [1.29, 1.82) is 0 Å². The molecule has 2 heterocycles.